The SMILES string of the molecule is COC(=O)[C@@]1(C)CCC[C@@]2(C)C1C(=O)[C@H](O)[C@H]1[C@@H](C)/C(=C/C(=O)O[C@H]3CC[C@@]4(C)C(C(=O)[C@H](O)[C@H]5[C@@H](C)/C(=C/C(=O)N(C)CCO)CC[C@@H]54)[C@@H]3C)CC[C@@H]12. The van der Waals surface area contributed by atoms with E-state index in [4.69, 9.17) is 9.47 Å². The highest BCUT2D eigenvalue weighted by Crippen LogP contribution is 2.65. The smallest absolute Gasteiger partial charge is 0.330 e. The number of allylic oxidation sites excluding steroid dienone is 2. The first kappa shape index (κ1) is 40.8. The maximum absolute atomic E-state index is 14.1. The lowest BCUT2D eigenvalue weighted by Crippen LogP contribution is -2.65. The molecule has 11 nitrogen and oxygen atoms in total. The van der Waals surface area contributed by atoms with Gasteiger partial charge in [0.15, 0.2) is 11.6 Å². The summed E-state index contributed by atoms with van der Waals surface area (Å²) < 4.78 is 11.3. The number of carbonyl (C=O) groups is 5. The van der Waals surface area contributed by atoms with Crippen molar-refractivity contribution in [3.8, 4) is 0 Å². The third kappa shape index (κ3) is 6.32. The molecule has 0 aromatic rings. The third-order valence-electron chi connectivity index (χ3n) is 16.2. The van der Waals surface area contributed by atoms with Crippen LogP contribution in [0.3, 0.4) is 0 Å². The highest BCUT2D eigenvalue weighted by atomic mass is 16.5. The minimum Gasteiger partial charge on any atom is -0.469 e. The fraction of sp³-hybridized carbons (Fsp3) is 0.791. The van der Waals surface area contributed by atoms with Crippen molar-refractivity contribution in [3.05, 3.63) is 23.3 Å². The van der Waals surface area contributed by atoms with E-state index in [1.165, 1.54) is 18.1 Å². The van der Waals surface area contributed by atoms with Gasteiger partial charge in [-0.15, -0.1) is 0 Å². The van der Waals surface area contributed by atoms with E-state index < -0.39 is 58.3 Å². The minimum atomic E-state index is -1.25. The molecule has 6 aliphatic rings. The van der Waals surface area contributed by atoms with Crippen LogP contribution in [0.2, 0.25) is 0 Å². The zero-order valence-corrected chi connectivity index (χ0v) is 33.5. The Balaban J connectivity index is 1.16. The number of likely N-dealkylation sites (N-methyl/N-ethyl adjacent to an activating group) is 1. The zero-order valence-electron chi connectivity index (χ0n) is 33.5. The van der Waals surface area contributed by atoms with Gasteiger partial charge in [0.05, 0.1) is 19.1 Å². The number of ketones is 2. The van der Waals surface area contributed by atoms with E-state index in [0.29, 0.717) is 38.5 Å². The second-order valence-corrected chi connectivity index (χ2v) is 18.7. The molecule has 3 N–H and O–H groups in total. The van der Waals surface area contributed by atoms with Gasteiger partial charge in [0.1, 0.15) is 18.3 Å². The summed E-state index contributed by atoms with van der Waals surface area (Å²) in [4.78, 5) is 69.0. The number of Topliss-reactive ketones (excluding diaryl/α,β-unsaturated/α-hetero) is 2. The molecule has 0 aromatic carbocycles. The molecule has 0 bridgehead atoms. The Morgan fingerprint density at radius 3 is 2.00 bits per heavy atom. The van der Waals surface area contributed by atoms with Gasteiger partial charge in [0, 0.05) is 55.3 Å². The van der Waals surface area contributed by atoms with E-state index in [9.17, 15) is 39.3 Å². The first-order valence-corrected chi connectivity index (χ1v) is 20.4. The molecule has 2 unspecified atom stereocenters. The molecule has 0 saturated heterocycles. The topological polar surface area (TPSA) is 168 Å². The normalized spacial score (nSPS) is 46.1. The fourth-order valence-corrected chi connectivity index (χ4v) is 13.4. The van der Waals surface area contributed by atoms with Gasteiger partial charge in [-0.05, 0) is 92.8 Å². The summed E-state index contributed by atoms with van der Waals surface area (Å²) in [5.74, 6) is -4.12. The molecule has 0 heterocycles. The van der Waals surface area contributed by atoms with Gasteiger partial charge in [-0.3, -0.25) is 19.2 Å². The van der Waals surface area contributed by atoms with Crippen molar-refractivity contribution in [3.63, 3.8) is 0 Å². The average molecular weight is 754 g/mol. The van der Waals surface area contributed by atoms with Gasteiger partial charge >= 0.3 is 11.9 Å². The van der Waals surface area contributed by atoms with Crippen LogP contribution in [0, 0.1) is 69.5 Å². The van der Waals surface area contributed by atoms with Crippen LogP contribution in [-0.2, 0) is 33.4 Å². The molecular formula is C43H63NO10. The zero-order chi connectivity index (χ0) is 39.7. The molecule has 6 saturated carbocycles. The van der Waals surface area contributed by atoms with Crippen molar-refractivity contribution in [2.75, 3.05) is 27.3 Å². The molecule has 54 heavy (non-hydrogen) atoms. The summed E-state index contributed by atoms with van der Waals surface area (Å²) in [5, 5.41) is 32.4. The summed E-state index contributed by atoms with van der Waals surface area (Å²) >= 11 is 0. The van der Waals surface area contributed by atoms with Gasteiger partial charge < -0.3 is 29.7 Å². The van der Waals surface area contributed by atoms with E-state index in [0.717, 1.165) is 30.4 Å². The summed E-state index contributed by atoms with van der Waals surface area (Å²) in [7, 11) is 2.99. The van der Waals surface area contributed by atoms with Crippen molar-refractivity contribution in [1.82, 2.24) is 4.90 Å². The van der Waals surface area contributed by atoms with Gasteiger partial charge in [-0.1, -0.05) is 52.2 Å². The van der Waals surface area contributed by atoms with Crippen LogP contribution in [0.25, 0.3) is 0 Å². The second-order valence-electron chi connectivity index (χ2n) is 18.7. The van der Waals surface area contributed by atoms with Crippen molar-refractivity contribution in [1.29, 1.82) is 0 Å². The molecule has 0 aromatic heterocycles. The van der Waals surface area contributed by atoms with E-state index in [1.807, 2.05) is 27.7 Å². The van der Waals surface area contributed by atoms with Gasteiger partial charge in [-0.25, -0.2) is 4.79 Å². The Labute approximate surface area is 320 Å². The maximum Gasteiger partial charge on any atom is 0.330 e. The van der Waals surface area contributed by atoms with Crippen molar-refractivity contribution >= 4 is 29.4 Å². The monoisotopic (exact) mass is 753 g/mol. The average Bonchev–Trinajstić information content (AvgIpc) is 3.12. The van der Waals surface area contributed by atoms with E-state index in [2.05, 4.69) is 13.8 Å². The van der Waals surface area contributed by atoms with Crippen LogP contribution < -0.4 is 0 Å². The molecule has 6 rings (SSSR count). The highest BCUT2D eigenvalue weighted by molar-refractivity contribution is 5.94. The molecule has 6 fully saturated rings. The Bertz CT molecular complexity index is 1600. The van der Waals surface area contributed by atoms with Crippen LogP contribution in [0.4, 0.5) is 0 Å². The van der Waals surface area contributed by atoms with Gasteiger partial charge in [0.2, 0.25) is 5.91 Å². The van der Waals surface area contributed by atoms with Gasteiger partial charge in [-0.2, -0.15) is 0 Å². The van der Waals surface area contributed by atoms with E-state index >= 15 is 0 Å². The number of rotatable bonds is 6. The third-order valence-corrected chi connectivity index (χ3v) is 16.2. The van der Waals surface area contributed by atoms with Crippen LogP contribution >= 0.6 is 0 Å². The lowest BCUT2D eigenvalue weighted by atomic mass is 9.42. The first-order chi connectivity index (χ1) is 25.4. The fourth-order valence-electron chi connectivity index (χ4n) is 13.4. The Kier molecular flexibility index (Phi) is 11.2. The number of aliphatic hydroxyl groups is 3. The first-order valence-electron chi connectivity index (χ1n) is 20.4. The summed E-state index contributed by atoms with van der Waals surface area (Å²) in [6.07, 6.45) is 6.29. The van der Waals surface area contributed by atoms with Gasteiger partial charge in [0.25, 0.3) is 0 Å². The maximum atomic E-state index is 14.1. The van der Waals surface area contributed by atoms with Crippen molar-refractivity contribution < 1.29 is 48.8 Å². The molecule has 0 aliphatic heterocycles. The Morgan fingerprint density at radius 1 is 0.833 bits per heavy atom. The molecule has 0 spiro atoms. The minimum absolute atomic E-state index is 0.00609. The second kappa shape index (κ2) is 14.9. The number of aliphatic hydroxyl groups excluding tert-OH is 3. The molecule has 0 radical (unpaired) electrons. The summed E-state index contributed by atoms with van der Waals surface area (Å²) in [5.41, 5.74) is -0.115. The standard InChI is InChI=1S/C43H63NO10/c1-22-25(20-30(46)44(7)18-19-45)10-12-27-32(22)35(48)37(50)34-24(3)29(14-17-41(27,34)4)54-31(47)21-26-11-13-28-33(23(26)2)36(49)38(51)39-42(28,5)15-9-16-43(39,6)40(52)53-8/h20-24,27-29,32-36,39,45,48-49H,9-19H2,1-8H3/b25-20+,26-21+/t22-,23-,24+,27-,28-,29-,32-,33-,34?,35+,36+,39?,41+,42+,43-/m0/s1. The van der Waals surface area contributed by atoms with Crippen molar-refractivity contribution in [2.24, 2.45) is 69.5 Å². The lowest BCUT2D eigenvalue weighted by Gasteiger charge is -2.61. The quantitative estimate of drug-likeness (QED) is 0.261. The molecule has 300 valence electrons. The number of nitrogens with zero attached hydrogens (tertiary/aromatic N) is 1. The van der Waals surface area contributed by atoms with Crippen molar-refractivity contribution in [2.45, 2.75) is 118 Å². The molecule has 15 atom stereocenters. The molecular weight excluding hydrogens is 690 g/mol. The predicted molar refractivity (Wildman–Crippen MR) is 199 cm³/mol. The number of fused-ring (bicyclic) bond motifs is 6. The Morgan fingerprint density at radius 2 is 1.41 bits per heavy atom. The summed E-state index contributed by atoms with van der Waals surface area (Å²) in [6.45, 7) is 12.1. The highest BCUT2D eigenvalue weighted by Gasteiger charge is 2.67. The van der Waals surface area contributed by atoms with Crippen LogP contribution in [0.5, 0.6) is 0 Å². The van der Waals surface area contributed by atoms with Crippen LogP contribution in [-0.4, -0.2) is 95.3 Å². The Hall–Kier alpha value is -2.89. The number of carbonyl (C=O) groups excluding carboxylic acids is 5. The number of esters is 2. The van der Waals surface area contributed by atoms with E-state index in [-0.39, 0.29) is 72.1 Å². The lowest BCUT2D eigenvalue weighted by molar-refractivity contribution is -0.193. The van der Waals surface area contributed by atoms with Crippen LogP contribution in [0.15, 0.2) is 23.3 Å². The predicted octanol–water partition coefficient (Wildman–Crippen LogP) is 4.45. The van der Waals surface area contributed by atoms with E-state index in [1.54, 1.807) is 13.1 Å². The molecule has 1 amide bonds. The largest absolute Gasteiger partial charge is 0.469 e. The summed E-state index contributed by atoms with van der Waals surface area (Å²) in [6, 6.07) is 0. The number of ether oxygens (including phenoxy) is 2. The molecule has 11 heteroatoms. The van der Waals surface area contributed by atoms with Crippen LogP contribution in [0.1, 0.15) is 99.3 Å². The molecule has 6 aliphatic carbocycles. The number of methoxy groups -OCH3 is 1. The number of amides is 1. The number of hydrogen-bond acceptors (Lipinski definition) is 10. The number of hydrogen-bond donors (Lipinski definition) is 3.